The highest BCUT2D eigenvalue weighted by Crippen LogP contribution is 2.36. The number of rotatable bonds is 2. The summed E-state index contributed by atoms with van der Waals surface area (Å²) in [6.07, 6.45) is 2.19. The van der Waals surface area contributed by atoms with E-state index in [1.807, 2.05) is 19.9 Å². The predicted molar refractivity (Wildman–Crippen MR) is 92.0 cm³/mol. The topological polar surface area (TPSA) is 65.8 Å². The lowest BCUT2D eigenvalue weighted by molar-refractivity contribution is -0.602. The predicted octanol–water partition coefficient (Wildman–Crippen LogP) is 3.34. The standard InChI is InChI=1S/C19H19N3O/c1-11(2)17-10-16(21-19(20)22(17)23)14-9-8-13-7-6-12-4-3-5-15(14)18(12)13/h3-5,8-11H,6-7H2,1-2H3,(H2,20,21). The zero-order chi connectivity index (χ0) is 16.1. The van der Waals surface area contributed by atoms with Crippen LogP contribution in [0.25, 0.3) is 22.0 Å². The number of nitrogens with zero attached hydrogens (tertiary/aromatic N) is 2. The van der Waals surface area contributed by atoms with E-state index in [1.54, 1.807) is 0 Å². The van der Waals surface area contributed by atoms with Crippen LogP contribution in [0.5, 0.6) is 0 Å². The first-order valence-electron chi connectivity index (χ1n) is 8.00. The normalized spacial score (nSPS) is 13.2. The van der Waals surface area contributed by atoms with Crippen molar-refractivity contribution >= 4 is 16.7 Å². The molecule has 0 spiro atoms. The Morgan fingerprint density at radius 3 is 2.61 bits per heavy atom. The number of hydrogen-bond acceptors (Lipinski definition) is 3. The molecule has 2 N–H and O–H groups in total. The quantitative estimate of drug-likeness (QED) is 0.583. The van der Waals surface area contributed by atoms with E-state index in [-0.39, 0.29) is 11.9 Å². The molecule has 0 fully saturated rings. The van der Waals surface area contributed by atoms with Crippen LogP contribution in [0.1, 0.15) is 36.6 Å². The van der Waals surface area contributed by atoms with Crippen LogP contribution in [0.4, 0.5) is 5.95 Å². The second-order valence-corrected chi connectivity index (χ2v) is 6.49. The molecule has 0 atom stereocenters. The summed E-state index contributed by atoms with van der Waals surface area (Å²) in [6, 6.07) is 12.6. The Hall–Kier alpha value is -2.62. The zero-order valence-electron chi connectivity index (χ0n) is 13.3. The summed E-state index contributed by atoms with van der Waals surface area (Å²) in [5.74, 6) is 0.0998. The molecule has 4 heteroatoms. The van der Waals surface area contributed by atoms with Crippen LogP contribution < -0.4 is 10.5 Å². The molecule has 1 aromatic heterocycles. The summed E-state index contributed by atoms with van der Waals surface area (Å²) < 4.78 is 0.730. The van der Waals surface area contributed by atoms with E-state index in [0.29, 0.717) is 5.69 Å². The molecule has 4 nitrogen and oxygen atoms in total. The van der Waals surface area contributed by atoms with Crippen LogP contribution >= 0.6 is 0 Å². The number of nitrogen functional groups attached to an aromatic ring is 1. The monoisotopic (exact) mass is 305 g/mol. The number of anilines is 1. The molecule has 0 bridgehead atoms. The molecule has 1 aliphatic carbocycles. The van der Waals surface area contributed by atoms with Gasteiger partial charge in [0.25, 0.3) is 0 Å². The van der Waals surface area contributed by atoms with Gasteiger partial charge in [-0.25, -0.2) is 4.73 Å². The van der Waals surface area contributed by atoms with Gasteiger partial charge in [0, 0.05) is 17.5 Å². The van der Waals surface area contributed by atoms with Crippen molar-refractivity contribution in [2.24, 2.45) is 0 Å². The van der Waals surface area contributed by atoms with E-state index in [4.69, 9.17) is 5.73 Å². The van der Waals surface area contributed by atoms with Gasteiger partial charge in [0.15, 0.2) is 5.69 Å². The van der Waals surface area contributed by atoms with Gasteiger partial charge in [0.05, 0.1) is 5.69 Å². The SMILES string of the molecule is CC(C)c1cc(-c2ccc3c4c(cccc24)CC3)nc(N)[n+]1[O-]. The number of aromatic nitrogens is 2. The van der Waals surface area contributed by atoms with E-state index in [9.17, 15) is 5.21 Å². The average Bonchev–Trinajstić information content (AvgIpc) is 2.95. The Balaban J connectivity index is 2.01. The van der Waals surface area contributed by atoms with Crippen LogP contribution in [-0.4, -0.2) is 4.98 Å². The molecule has 23 heavy (non-hydrogen) atoms. The highest BCUT2D eigenvalue weighted by molar-refractivity contribution is 6.00. The lowest BCUT2D eigenvalue weighted by Gasteiger charge is -2.16. The first-order valence-corrected chi connectivity index (χ1v) is 8.00. The molecule has 0 radical (unpaired) electrons. The van der Waals surface area contributed by atoms with Crippen molar-refractivity contribution in [3.8, 4) is 11.3 Å². The second-order valence-electron chi connectivity index (χ2n) is 6.49. The van der Waals surface area contributed by atoms with Crippen LogP contribution in [0.15, 0.2) is 36.4 Å². The maximum absolute atomic E-state index is 12.1. The van der Waals surface area contributed by atoms with Gasteiger partial charge in [-0.15, -0.1) is 0 Å². The summed E-state index contributed by atoms with van der Waals surface area (Å²) in [5, 5.41) is 14.6. The van der Waals surface area contributed by atoms with Crippen molar-refractivity contribution in [1.82, 2.24) is 4.98 Å². The fourth-order valence-electron chi connectivity index (χ4n) is 3.54. The summed E-state index contributed by atoms with van der Waals surface area (Å²) >= 11 is 0. The van der Waals surface area contributed by atoms with Crippen molar-refractivity contribution in [3.05, 3.63) is 58.4 Å². The van der Waals surface area contributed by atoms with Crippen LogP contribution in [0, 0.1) is 5.21 Å². The summed E-state index contributed by atoms with van der Waals surface area (Å²) in [5.41, 5.74) is 11.1. The summed E-state index contributed by atoms with van der Waals surface area (Å²) in [7, 11) is 0. The molecule has 4 rings (SSSR count). The van der Waals surface area contributed by atoms with E-state index in [2.05, 4.69) is 35.3 Å². The first-order chi connectivity index (χ1) is 11.1. The van der Waals surface area contributed by atoms with Crippen LogP contribution in [0.2, 0.25) is 0 Å². The van der Waals surface area contributed by atoms with Gasteiger partial charge in [-0.05, 0) is 34.7 Å². The van der Waals surface area contributed by atoms with Crippen molar-refractivity contribution in [3.63, 3.8) is 0 Å². The van der Waals surface area contributed by atoms with Crippen molar-refractivity contribution in [2.75, 3.05) is 5.73 Å². The molecule has 2 aromatic carbocycles. The molecule has 1 aliphatic rings. The second kappa shape index (κ2) is 4.95. The van der Waals surface area contributed by atoms with Gasteiger partial charge < -0.3 is 5.21 Å². The van der Waals surface area contributed by atoms with Crippen molar-refractivity contribution in [2.45, 2.75) is 32.6 Å². The highest BCUT2D eigenvalue weighted by atomic mass is 16.5. The number of benzene rings is 2. The van der Waals surface area contributed by atoms with E-state index >= 15 is 0 Å². The van der Waals surface area contributed by atoms with Crippen LogP contribution in [0.3, 0.4) is 0 Å². The van der Waals surface area contributed by atoms with Crippen LogP contribution in [-0.2, 0) is 12.8 Å². The Kier molecular flexibility index (Phi) is 3.01. The Labute approximate surface area is 135 Å². The van der Waals surface area contributed by atoms with E-state index in [1.165, 1.54) is 21.9 Å². The molecule has 0 aliphatic heterocycles. The van der Waals surface area contributed by atoms with Gasteiger partial charge in [0.1, 0.15) is 0 Å². The maximum Gasteiger partial charge on any atom is 0.390 e. The largest absolute Gasteiger partial charge is 0.740 e. The molecular formula is C19H19N3O. The van der Waals surface area contributed by atoms with Crippen molar-refractivity contribution < 1.29 is 4.73 Å². The molecule has 0 unspecified atom stereocenters. The Morgan fingerprint density at radius 1 is 1.13 bits per heavy atom. The van der Waals surface area contributed by atoms with Gasteiger partial charge >= 0.3 is 5.95 Å². The van der Waals surface area contributed by atoms with Gasteiger partial charge in [0.2, 0.25) is 0 Å². The maximum atomic E-state index is 12.1. The minimum atomic E-state index is 0.00875. The molecule has 0 amide bonds. The molecule has 0 saturated carbocycles. The van der Waals surface area contributed by atoms with E-state index < -0.39 is 0 Å². The fraction of sp³-hybridized carbons (Fsp3) is 0.263. The highest BCUT2D eigenvalue weighted by Gasteiger charge is 2.20. The average molecular weight is 305 g/mol. The molecule has 116 valence electrons. The zero-order valence-corrected chi connectivity index (χ0v) is 13.3. The fourth-order valence-corrected chi connectivity index (χ4v) is 3.54. The smallest absolute Gasteiger partial charge is 0.390 e. The van der Waals surface area contributed by atoms with E-state index in [0.717, 1.165) is 28.8 Å². The Morgan fingerprint density at radius 2 is 1.87 bits per heavy atom. The number of aryl methyl sites for hydroxylation is 2. The van der Waals surface area contributed by atoms with Gasteiger partial charge in [-0.1, -0.05) is 49.2 Å². The third-order valence-corrected chi connectivity index (χ3v) is 4.71. The van der Waals surface area contributed by atoms with Crippen molar-refractivity contribution in [1.29, 1.82) is 0 Å². The number of hydrogen-bond donors (Lipinski definition) is 1. The minimum absolute atomic E-state index is 0.00875. The van der Waals surface area contributed by atoms with Gasteiger partial charge in [-0.2, -0.15) is 0 Å². The molecule has 3 aromatic rings. The molecule has 1 heterocycles. The molecular weight excluding hydrogens is 286 g/mol. The summed E-state index contributed by atoms with van der Waals surface area (Å²) in [4.78, 5) is 4.34. The number of nitrogens with two attached hydrogens (primary N) is 1. The third kappa shape index (κ3) is 2.05. The first kappa shape index (κ1) is 14.0. The Bertz CT molecular complexity index is 921. The van der Waals surface area contributed by atoms with Gasteiger partial charge in [-0.3, -0.25) is 5.73 Å². The molecule has 0 saturated heterocycles. The lowest BCUT2D eigenvalue weighted by atomic mass is 9.97. The minimum Gasteiger partial charge on any atom is -0.740 e. The summed E-state index contributed by atoms with van der Waals surface area (Å²) in [6.45, 7) is 3.97. The lowest BCUT2D eigenvalue weighted by Crippen LogP contribution is -2.37. The third-order valence-electron chi connectivity index (χ3n) is 4.71.